The fourth-order valence-corrected chi connectivity index (χ4v) is 1.06. The lowest BCUT2D eigenvalue weighted by Gasteiger charge is -2.08. The predicted molar refractivity (Wildman–Crippen MR) is 57.2 cm³/mol. The van der Waals surface area contributed by atoms with Gasteiger partial charge in [0.2, 0.25) is 0 Å². The van der Waals surface area contributed by atoms with Crippen molar-refractivity contribution in [2.24, 2.45) is 13.0 Å². The number of H-pyrrole nitrogens is 1. The molecular weight excluding hydrogens is 200 g/mol. The van der Waals surface area contributed by atoms with Gasteiger partial charge in [-0.15, -0.1) is 0 Å². The smallest absolute Gasteiger partial charge is 0.257 e. The van der Waals surface area contributed by atoms with Gasteiger partial charge in [-0.3, -0.25) is 9.36 Å². The van der Waals surface area contributed by atoms with Crippen LogP contribution in [0.25, 0.3) is 0 Å². The van der Waals surface area contributed by atoms with Crippen LogP contribution in [0.1, 0.15) is 13.8 Å². The summed E-state index contributed by atoms with van der Waals surface area (Å²) >= 11 is 4.94. The first-order valence-corrected chi connectivity index (χ1v) is 4.84. The van der Waals surface area contributed by atoms with Gasteiger partial charge in [0.15, 0.2) is 10.7 Å². The van der Waals surface area contributed by atoms with Gasteiger partial charge in [0, 0.05) is 7.05 Å². The van der Waals surface area contributed by atoms with E-state index in [1.807, 2.05) is 13.8 Å². The molecule has 0 spiro atoms. The average Bonchev–Trinajstić information content (AvgIpc) is 2.10. The summed E-state index contributed by atoms with van der Waals surface area (Å²) in [5, 5.41) is 0. The Morgan fingerprint density at radius 2 is 2.29 bits per heavy atom. The van der Waals surface area contributed by atoms with Gasteiger partial charge in [0.05, 0.1) is 12.7 Å². The molecule has 0 saturated heterocycles. The molecular formula is C9H14N2O2S. The van der Waals surface area contributed by atoms with Crippen molar-refractivity contribution >= 4 is 12.2 Å². The molecule has 4 nitrogen and oxygen atoms in total. The van der Waals surface area contributed by atoms with Crippen molar-refractivity contribution in [3.63, 3.8) is 0 Å². The second kappa shape index (κ2) is 4.41. The highest BCUT2D eigenvalue weighted by molar-refractivity contribution is 7.71. The molecule has 0 aliphatic rings. The van der Waals surface area contributed by atoms with E-state index >= 15 is 0 Å². The van der Waals surface area contributed by atoms with Crippen LogP contribution in [0.3, 0.4) is 0 Å². The Labute approximate surface area is 87.5 Å². The third-order valence-electron chi connectivity index (χ3n) is 1.69. The normalized spacial score (nSPS) is 10.6. The van der Waals surface area contributed by atoms with Crippen LogP contribution >= 0.6 is 12.2 Å². The molecule has 0 amide bonds. The molecule has 0 aliphatic carbocycles. The molecule has 0 aliphatic heterocycles. The summed E-state index contributed by atoms with van der Waals surface area (Å²) in [6.07, 6.45) is 0. The van der Waals surface area contributed by atoms with Crippen LogP contribution in [0.2, 0.25) is 0 Å². The number of nitrogens with zero attached hydrogens (tertiary/aromatic N) is 1. The Morgan fingerprint density at radius 3 is 2.79 bits per heavy atom. The van der Waals surface area contributed by atoms with Gasteiger partial charge in [0.1, 0.15) is 0 Å². The lowest BCUT2D eigenvalue weighted by molar-refractivity contribution is 0.259. The zero-order chi connectivity index (χ0) is 10.7. The summed E-state index contributed by atoms with van der Waals surface area (Å²) in [4.78, 5) is 14.1. The predicted octanol–water partition coefficient (Wildman–Crippen LogP) is 1.48. The molecule has 0 saturated carbocycles. The highest BCUT2D eigenvalue weighted by Crippen LogP contribution is 2.03. The Kier molecular flexibility index (Phi) is 3.46. The average molecular weight is 214 g/mol. The van der Waals surface area contributed by atoms with E-state index in [0.717, 1.165) is 0 Å². The molecule has 5 heteroatoms. The second-order valence-electron chi connectivity index (χ2n) is 3.54. The molecule has 78 valence electrons. The van der Waals surface area contributed by atoms with Gasteiger partial charge in [-0.25, -0.2) is 0 Å². The molecule has 0 bridgehead atoms. The van der Waals surface area contributed by atoms with Crippen molar-refractivity contribution in [1.82, 2.24) is 9.55 Å². The summed E-state index contributed by atoms with van der Waals surface area (Å²) in [6, 6.07) is 1.40. The molecule has 1 N–H and O–H groups in total. The molecule has 0 aromatic carbocycles. The van der Waals surface area contributed by atoms with Crippen molar-refractivity contribution in [2.75, 3.05) is 6.61 Å². The van der Waals surface area contributed by atoms with Crippen molar-refractivity contribution in [1.29, 1.82) is 0 Å². The summed E-state index contributed by atoms with van der Waals surface area (Å²) in [5.41, 5.74) is -0.160. The molecule has 14 heavy (non-hydrogen) atoms. The monoisotopic (exact) mass is 214 g/mol. The van der Waals surface area contributed by atoms with Gasteiger partial charge in [-0.2, -0.15) is 0 Å². The number of aromatic nitrogens is 2. The number of rotatable bonds is 3. The first-order valence-electron chi connectivity index (χ1n) is 4.44. The molecule has 1 aromatic heterocycles. The van der Waals surface area contributed by atoms with E-state index in [4.69, 9.17) is 17.0 Å². The highest BCUT2D eigenvalue weighted by Gasteiger charge is 2.00. The van der Waals surface area contributed by atoms with Gasteiger partial charge >= 0.3 is 0 Å². The van der Waals surface area contributed by atoms with Crippen molar-refractivity contribution in [2.45, 2.75) is 13.8 Å². The minimum absolute atomic E-state index is 0.160. The Balaban J connectivity index is 2.91. The van der Waals surface area contributed by atoms with E-state index in [1.54, 1.807) is 7.05 Å². The molecule has 0 fully saturated rings. The fourth-order valence-electron chi connectivity index (χ4n) is 0.869. The van der Waals surface area contributed by atoms with Crippen LogP contribution in [0.5, 0.6) is 5.88 Å². The largest absolute Gasteiger partial charge is 0.479 e. The highest BCUT2D eigenvalue weighted by atomic mass is 32.1. The Hall–Kier alpha value is -1.10. The van der Waals surface area contributed by atoms with E-state index in [-0.39, 0.29) is 5.56 Å². The summed E-state index contributed by atoms with van der Waals surface area (Å²) in [6.45, 7) is 4.64. The van der Waals surface area contributed by atoms with E-state index in [9.17, 15) is 4.79 Å². The molecule has 1 aromatic rings. The van der Waals surface area contributed by atoms with Crippen LogP contribution in [0.15, 0.2) is 10.9 Å². The second-order valence-corrected chi connectivity index (χ2v) is 3.93. The number of hydrogen-bond donors (Lipinski definition) is 1. The van der Waals surface area contributed by atoms with E-state index in [1.165, 1.54) is 10.6 Å². The minimum atomic E-state index is -0.160. The van der Waals surface area contributed by atoms with E-state index < -0.39 is 0 Å². The molecule has 0 radical (unpaired) electrons. The number of nitrogens with one attached hydrogen (secondary N) is 1. The maximum Gasteiger partial charge on any atom is 0.257 e. The molecule has 0 unspecified atom stereocenters. The SMILES string of the molecule is CC(C)COc1cc(=O)n(C)c(=S)[nH]1. The van der Waals surface area contributed by atoms with Gasteiger partial charge in [0.25, 0.3) is 5.56 Å². The van der Waals surface area contributed by atoms with Crippen LogP contribution in [-0.4, -0.2) is 16.2 Å². The quantitative estimate of drug-likeness (QED) is 0.775. The third-order valence-corrected chi connectivity index (χ3v) is 2.07. The summed E-state index contributed by atoms with van der Waals surface area (Å²) < 4.78 is 7.08. The number of ether oxygens (including phenoxy) is 1. The summed E-state index contributed by atoms with van der Waals surface area (Å²) in [7, 11) is 1.62. The van der Waals surface area contributed by atoms with Crippen LogP contribution < -0.4 is 10.3 Å². The van der Waals surface area contributed by atoms with Crippen molar-refractivity contribution < 1.29 is 4.74 Å². The Morgan fingerprint density at radius 1 is 1.64 bits per heavy atom. The third kappa shape index (κ3) is 2.70. The van der Waals surface area contributed by atoms with Gasteiger partial charge in [-0.1, -0.05) is 13.8 Å². The summed E-state index contributed by atoms with van der Waals surface area (Å²) in [5.74, 6) is 0.854. The van der Waals surface area contributed by atoms with E-state index in [0.29, 0.717) is 23.2 Å². The van der Waals surface area contributed by atoms with Gasteiger partial charge in [-0.05, 0) is 18.1 Å². The van der Waals surface area contributed by atoms with E-state index in [2.05, 4.69) is 4.98 Å². The lowest BCUT2D eigenvalue weighted by atomic mass is 10.2. The number of hydrogen-bond acceptors (Lipinski definition) is 3. The zero-order valence-corrected chi connectivity index (χ0v) is 9.35. The van der Waals surface area contributed by atoms with Crippen LogP contribution in [0.4, 0.5) is 0 Å². The first-order chi connectivity index (χ1) is 6.50. The standard InChI is InChI=1S/C9H14N2O2S/c1-6(2)5-13-7-4-8(12)11(3)9(14)10-7/h4,6H,5H2,1-3H3,(H,10,14). The first kappa shape index (κ1) is 11.0. The van der Waals surface area contributed by atoms with Crippen molar-refractivity contribution in [3.05, 3.63) is 21.2 Å². The molecule has 0 atom stereocenters. The van der Waals surface area contributed by atoms with Crippen LogP contribution in [0, 0.1) is 10.7 Å². The number of aromatic amines is 1. The topological polar surface area (TPSA) is 47.0 Å². The zero-order valence-electron chi connectivity index (χ0n) is 8.53. The lowest BCUT2D eigenvalue weighted by Crippen LogP contribution is -2.18. The molecule has 1 heterocycles. The minimum Gasteiger partial charge on any atom is -0.479 e. The maximum atomic E-state index is 11.3. The molecule has 1 rings (SSSR count). The maximum absolute atomic E-state index is 11.3. The van der Waals surface area contributed by atoms with Gasteiger partial charge < -0.3 is 9.72 Å². The Bertz CT molecular complexity index is 388. The fraction of sp³-hybridized carbons (Fsp3) is 0.556. The van der Waals surface area contributed by atoms with Crippen molar-refractivity contribution in [3.8, 4) is 5.88 Å². The van der Waals surface area contributed by atoms with Crippen LogP contribution in [-0.2, 0) is 7.05 Å².